The lowest BCUT2D eigenvalue weighted by Crippen LogP contribution is -2.35. The third-order valence-electron chi connectivity index (χ3n) is 3.12. The van der Waals surface area contributed by atoms with Crippen LogP contribution in [0.15, 0.2) is 18.2 Å². The van der Waals surface area contributed by atoms with Gasteiger partial charge in [0, 0.05) is 23.5 Å². The quantitative estimate of drug-likeness (QED) is 0.679. The van der Waals surface area contributed by atoms with Gasteiger partial charge >= 0.3 is 5.69 Å². The minimum atomic E-state index is -0.797. The van der Waals surface area contributed by atoms with Crippen molar-refractivity contribution in [3.8, 4) is 0 Å². The molecule has 1 aliphatic heterocycles. The van der Waals surface area contributed by atoms with Crippen LogP contribution in [0.25, 0.3) is 0 Å². The molecule has 1 fully saturated rings. The zero-order valence-corrected chi connectivity index (χ0v) is 11.8. The molecule has 1 heterocycles. The van der Waals surface area contributed by atoms with E-state index in [0.717, 1.165) is 24.0 Å². The van der Waals surface area contributed by atoms with Gasteiger partial charge in [-0.2, -0.15) is 16.2 Å². The van der Waals surface area contributed by atoms with Gasteiger partial charge in [0.2, 0.25) is 5.82 Å². The first-order valence-electron chi connectivity index (χ1n) is 6.16. The van der Waals surface area contributed by atoms with Gasteiger partial charge in [-0.25, -0.2) is 0 Å². The Hall–Kier alpha value is -1.30. The van der Waals surface area contributed by atoms with E-state index in [1.165, 1.54) is 6.07 Å². The summed E-state index contributed by atoms with van der Waals surface area (Å²) in [7, 11) is 0. The predicted octanol–water partition coefficient (Wildman–Crippen LogP) is 3.68. The van der Waals surface area contributed by atoms with Crippen molar-refractivity contribution < 1.29 is 9.31 Å². The standard InChI is InChI=1S/C13H17FN2O2S/c1-13(2)6-10(7-19-8-13)15-9-3-4-11(14)12(5-9)16(17)18/h3-5,10,15H,6-8H2,1-2H3. The van der Waals surface area contributed by atoms with Crippen LogP contribution in [-0.4, -0.2) is 22.5 Å². The number of hydrogen-bond acceptors (Lipinski definition) is 4. The lowest BCUT2D eigenvalue weighted by Gasteiger charge is -2.35. The van der Waals surface area contributed by atoms with Crippen molar-refractivity contribution in [3.05, 3.63) is 34.1 Å². The Morgan fingerprint density at radius 1 is 1.53 bits per heavy atom. The molecule has 6 heteroatoms. The summed E-state index contributed by atoms with van der Waals surface area (Å²) in [6.07, 6.45) is 1.01. The lowest BCUT2D eigenvalue weighted by atomic mass is 9.88. The Kier molecular flexibility index (Phi) is 3.99. The summed E-state index contributed by atoms with van der Waals surface area (Å²) in [5, 5.41) is 14.0. The van der Waals surface area contributed by atoms with Gasteiger partial charge in [0.15, 0.2) is 0 Å². The number of nitro benzene ring substituents is 1. The molecule has 0 saturated carbocycles. The van der Waals surface area contributed by atoms with Crippen molar-refractivity contribution in [3.63, 3.8) is 0 Å². The summed E-state index contributed by atoms with van der Waals surface area (Å²) in [5.74, 6) is 1.29. The van der Waals surface area contributed by atoms with Crippen molar-refractivity contribution in [2.75, 3.05) is 16.8 Å². The van der Waals surface area contributed by atoms with Gasteiger partial charge in [-0.05, 0) is 29.7 Å². The number of nitro groups is 1. The summed E-state index contributed by atoms with van der Waals surface area (Å²) in [4.78, 5) is 10.0. The van der Waals surface area contributed by atoms with Crippen molar-refractivity contribution in [1.82, 2.24) is 0 Å². The Bertz CT molecular complexity index is 494. The maximum Gasteiger partial charge on any atom is 0.306 e. The average Bonchev–Trinajstić information content (AvgIpc) is 2.30. The number of rotatable bonds is 3. The summed E-state index contributed by atoms with van der Waals surface area (Å²) in [6, 6.07) is 4.22. The minimum absolute atomic E-state index is 0.256. The first-order valence-corrected chi connectivity index (χ1v) is 7.31. The molecule has 0 spiro atoms. The highest BCUT2D eigenvalue weighted by molar-refractivity contribution is 7.99. The van der Waals surface area contributed by atoms with Crippen LogP contribution in [-0.2, 0) is 0 Å². The highest BCUT2D eigenvalue weighted by Gasteiger charge is 2.28. The summed E-state index contributed by atoms with van der Waals surface area (Å²) >= 11 is 1.87. The van der Waals surface area contributed by atoms with E-state index in [2.05, 4.69) is 19.2 Å². The SMILES string of the molecule is CC1(C)CSCC(Nc2ccc(F)c([N+](=O)[O-])c2)C1. The van der Waals surface area contributed by atoms with Crippen LogP contribution in [0.2, 0.25) is 0 Å². The Morgan fingerprint density at radius 2 is 2.26 bits per heavy atom. The van der Waals surface area contributed by atoms with Gasteiger partial charge in [0.05, 0.1) is 4.92 Å². The number of thioether (sulfide) groups is 1. The fourth-order valence-electron chi connectivity index (χ4n) is 2.33. The van der Waals surface area contributed by atoms with E-state index in [4.69, 9.17) is 0 Å². The molecule has 104 valence electrons. The molecule has 1 N–H and O–H groups in total. The Labute approximate surface area is 115 Å². The van der Waals surface area contributed by atoms with Crippen LogP contribution >= 0.6 is 11.8 Å². The first-order chi connectivity index (χ1) is 8.87. The number of anilines is 1. The molecule has 0 amide bonds. The molecule has 2 rings (SSSR count). The molecule has 19 heavy (non-hydrogen) atoms. The molecule has 1 aromatic rings. The summed E-state index contributed by atoms with van der Waals surface area (Å²) in [6.45, 7) is 4.42. The fraction of sp³-hybridized carbons (Fsp3) is 0.538. The smallest absolute Gasteiger partial charge is 0.306 e. The van der Waals surface area contributed by atoms with Gasteiger partial charge in [0.25, 0.3) is 0 Å². The van der Waals surface area contributed by atoms with Crippen LogP contribution in [0.3, 0.4) is 0 Å². The molecule has 0 aromatic heterocycles. The molecular weight excluding hydrogens is 267 g/mol. The number of nitrogens with zero attached hydrogens (tertiary/aromatic N) is 1. The summed E-state index contributed by atoms with van der Waals surface area (Å²) in [5.41, 5.74) is 0.385. The van der Waals surface area contributed by atoms with Gasteiger partial charge in [0.1, 0.15) is 0 Å². The second-order valence-corrected chi connectivity index (χ2v) is 6.68. The molecule has 1 aromatic carbocycles. The van der Waals surface area contributed by atoms with Crippen molar-refractivity contribution in [2.45, 2.75) is 26.3 Å². The zero-order chi connectivity index (χ0) is 14.0. The second-order valence-electron chi connectivity index (χ2n) is 5.65. The monoisotopic (exact) mass is 284 g/mol. The number of nitrogens with one attached hydrogen (secondary N) is 1. The van der Waals surface area contributed by atoms with Crippen LogP contribution in [0.4, 0.5) is 15.8 Å². The van der Waals surface area contributed by atoms with Crippen molar-refractivity contribution >= 4 is 23.1 Å². The van der Waals surface area contributed by atoms with E-state index < -0.39 is 16.4 Å². The van der Waals surface area contributed by atoms with E-state index in [1.54, 1.807) is 6.07 Å². The first kappa shape index (κ1) is 14.1. The molecule has 1 saturated heterocycles. The van der Waals surface area contributed by atoms with Crippen LogP contribution in [0.5, 0.6) is 0 Å². The number of benzene rings is 1. The molecule has 4 nitrogen and oxygen atoms in total. The maximum absolute atomic E-state index is 13.2. The molecule has 1 atom stereocenters. The highest BCUT2D eigenvalue weighted by atomic mass is 32.2. The van der Waals surface area contributed by atoms with Crippen molar-refractivity contribution in [2.24, 2.45) is 5.41 Å². The Morgan fingerprint density at radius 3 is 2.89 bits per heavy atom. The normalized spacial score (nSPS) is 21.9. The van der Waals surface area contributed by atoms with E-state index in [0.29, 0.717) is 5.69 Å². The molecule has 1 unspecified atom stereocenters. The number of halogens is 1. The van der Waals surface area contributed by atoms with Crippen LogP contribution in [0.1, 0.15) is 20.3 Å². The third kappa shape index (κ3) is 3.59. The second kappa shape index (κ2) is 5.36. The summed E-state index contributed by atoms with van der Waals surface area (Å²) < 4.78 is 13.2. The largest absolute Gasteiger partial charge is 0.381 e. The van der Waals surface area contributed by atoms with Gasteiger partial charge < -0.3 is 5.32 Å². The van der Waals surface area contributed by atoms with Crippen LogP contribution in [0, 0.1) is 21.3 Å². The van der Waals surface area contributed by atoms with E-state index >= 15 is 0 Å². The highest BCUT2D eigenvalue weighted by Crippen LogP contribution is 2.35. The molecule has 1 aliphatic rings. The van der Waals surface area contributed by atoms with E-state index in [1.807, 2.05) is 11.8 Å². The molecular formula is C13H17FN2O2S. The predicted molar refractivity (Wildman–Crippen MR) is 76.2 cm³/mol. The average molecular weight is 284 g/mol. The fourth-order valence-corrected chi connectivity index (χ4v) is 3.61. The van der Waals surface area contributed by atoms with E-state index in [9.17, 15) is 14.5 Å². The topological polar surface area (TPSA) is 55.2 Å². The lowest BCUT2D eigenvalue weighted by molar-refractivity contribution is -0.387. The zero-order valence-electron chi connectivity index (χ0n) is 11.0. The Balaban J connectivity index is 2.11. The maximum atomic E-state index is 13.2. The van der Waals surface area contributed by atoms with Gasteiger partial charge in [-0.3, -0.25) is 10.1 Å². The van der Waals surface area contributed by atoms with Crippen LogP contribution < -0.4 is 5.32 Å². The minimum Gasteiger partial charge on any atom is -0.381 e. The number of hydrogen-bond donors (Lipinski definition) is 1. The molecule has 0 bridgehead atoms. The van der Waals surface area contributed by atoms with Crippen molar-refractivity contribution in [1.29, 1.82) is 0 Å². The molecule has 0 aliphatic carbocycles. The third-order valence-corrected chi connectivity index (χ3v) is 4.75. The van der Waals surface area contributed by atoms with Gasteiger partial charge in [-0.1, -0.05) is 13.8 Å². The van der Waals surface area contributed by atoms with E-state index in [-0.39, 0.29) is 11.5 Å². The van der Waals surface area contributed by atoms with Gasteiger partial charge in [-0.15, -0.1) is 0 Å². The molecule has 0 radical (unpaired) electrons.